The Balaban J connectivity index is 1.47. The molecule has 2 aromatic carbocycles. The highest BCUT2D eigenvalue weighted by Gasteiger charge is 2.74. The number of ether oxygens (including phenoxy) is 1. The Morgan fingerprint density at radius 2 is 1.63 bits per heavy atom. The van der Waals surface area contributed by atoms with Gasteiger partial charge in [0, 0.05) is 31.9 Å². The maximum absolute atomic E-state index is 14.6. The molecule has 2 aromatic rings. The van der Waals surface area contributed by atoms with E-state index >= 15 is 0 Å². The molecule has 1 unspecified atom stereocenters. The van der Waals surface area contributed by atoms with Crippen molar-refractivity contribution in [2.24, 2.45) is 11.8 Å². The van der Waals surface area contributed by atoms with E-state index in [1.54, 1.807) is 20.8 Å². The number of rotatable bonds is 6. The van der Waals surface area contributed by atoms with Crippen LogP contribution in [0.3, 0.4) is 0 Å². The molecule has 4 aliphatic rings. The molecule has 3 amide bonds. The summed E-state index contributed by atoms with van der Waals surface area (Å²) >= 11 is 6.62. The molecule has 8 nitrogen and oxygen atoms in total. The third-order valence-electron chi connectivity index (χ3n) is 8.89. The SMILES string of the molecule is Cc1cccc(Cl)c1N1CC=C[C@]23O[C@@]4(C)C=CCN(c5ccccc5)C(=O)[C@H]4[C@H]2C(=O)N(CCCCO)C3C1=O. The Labute approximate surface area is 244 Å². The number of halogens is 1. The molecule has 6 rings (SSSR count). The second-order valence-corrected chi connectivity index (χ2v) is 11.8. The van der Waals surface area contributed by atoms with E-state index in [-0.39, 0.29) is 37.4 Å². The molecule has 4 aliphatic heterocycles. The van der Waals surface area contributed by atoms with Crippen LogP contribution in [0.5, 0.6) is 0 Å². The molecular weight excluding hydrogens is 542 g/mol. The topological polar surface area (TPSA) is 90.4 Å². The second-order valence-electron chi connectivity index (χ2n) is 11.4. The fourth-order valence-electron chi connectivity index (χ4n) is 7.16. The first-order chi connectivity index (χ1) is 19.7. The smallest absolute Gasteiger partial charge is 0.253 e. The van der Waals surface area contributed by atoms with Gasteiger partial charge in [-0.1, -0.05) is 66.2 Å². The van der Waals surface area contributed by atoms with Gasteiger partial charge in [0.15, 0.2) is 0 Å². The number of fused-ring (bicyclic) bond motifs is 2. The molecule has 4 heterocycles. The average Bonchev–Trinajstić information content (AvgIpc) is 3.21. The van der Waals surface area contributed by atoms with Crippen LogP contribution in [0.2, 0.25) is 5.02 Å². The van der Waals surface area contributed by atoms with Crippen molar-refractivity contribution in [3.05, 3.63) is 83.4 Å². The summed E-state index contributed by atoms with van der Waals surface area (Å²) in [5, 5.41) is 9.89. The number of unbranched alkanes of at least 4 members (excludes halogenated alkanes) is 1. The van der Waals surface area contributed by atoms with Crippen LogP contribution in [0, 0.1) is 18.8 Å². The van der Waals surface area contributed by atoms with Gasteiger partial charge in [0.05, 0.1) is 28.1 Å². The summed E-state index contributed by atoms with van der Waals surface area (Å²) in [6.07, 6.45) is 8.47. The lowest BCUT2D eigenvalue weighted by atomic mass is 9.74. The molecule has 1 spiro atoms. The molecule has 0 aliphatic carbocycles. The molecule has 41 heavy (non-hydrogen) atoms. The fourth-order valence-corrected chi connectivity index (χ4v) is 7.48. The first-order valence-electron chi connectivity index (χ1n) is 14.1. The largest absolute Gasteiger partial charge is 0.396 e. The van der Waals surface area contributed by atoms with E-state index in [4.69, 9.17) is 16.3 Å². The number of anilines is 2. The van der Waals surface area contributed by atoms with Gasteiger partial charge in [-0.2, -0.15) is 0 Å². The highest BCUT2D eigenvalue weighted by Crippen LogP contribution is 2.58. The number of benzene rings is 2. The Morgan fingerprint density at radius 3 is 2.37 bits per heavy atom. The average molecular weight is 576 g/mol. The first-order valence-corrected chi connectivity index (χ1v) is 14.5. The summed E-state index contributed by atoms with van der Waals surface area (Å²) in [6.45, 7) is 4.57. The second kappa shape index (κ2) is 10.4. The molecule has 0 saturated carbocycles. The Kier molecular flexibility index (Phi) is 7.04. The minimum Gasteiger partial charge on any atom is -0.396 e. The van der Waals surface area contributed by atoms with Gasteiger partial charge in [-0.05, 0) is 50.5 Å². The van der Waals surface area contributed by atoms with Crippen molar-refractivity contribution in [3.8, 4) is 0 Å². The van der Waals surface area contributed by atoms with Crippen LogP contribution in [0.4, 0.5) is 11.4 Å². The number of nitrogens with zero attached hydrogens (tertiary/aromatic N) is 3. The van der Waals surface area contributed by atoms with Crippen molar-refractivity contribution < 1.29 is 24.2 Å². The van der Waals surface area contributed by atoms with Crippen molar-refractivity contribution in [3.63, 3.8) is 0 Å². The van der Waals surface area contributed by atoms with Gasteiger partial charge in [-0.25, -0.2) is 0 Å². The minimum atomic E-state index is -1.35. The Hall–Kier alpha value is -3.46. The van der Waals surface area contributed by atoms with Crippen molar-refractivity contribution in [1.29, 1.82) is 0 Å². The number of carbonyl (C=O) groups is 3. The van der Waals surface area contributed by atoms with E-state index in [2.05, 4.69) is 0 Å². The van der Waals surface area contributed by atoms with Crippen LogP contribution in [-0.4, -0.2) is 71.2 Å². The van der Waals surface area contributed by atoms with Gasteiger partial charge in [0.25, 0.3) is 5.91 Å². The molecule has 1 N–H and O–H groups in total. The van der Waals surface area contributed by atoms with Gasteiger partial charge in [-0.15, -0.1) is 0 Å². The van der Waals surface area contributed by atoms with Crippen LogP contribution in [0.15, 0.2) is 72.8 Å². The molecule has 0 radical (unpaired) electrons. The Bertz CT molecular complexity index is 1420. The molecule has 214 valence electrons. The van der Waals surface area contributed by atoms with Crippen LogP contribution >= 0.6 is 11.6 Å². The molecule has 0 aromatic heterocycles. The number of amides is 3. The summed E-state index contributed by atoms with van der Waals surface area (Å²) in [5.41, 5.74) is -0.282. The van der Waals surface area contributed by atoms with E-state index in [0.717, 1.165) is 11.3 Å². The van der Waals surface area contributed by atoms with E-state index < -0.39 is 29.1 Å². The van der Waals surface area contributed by atoms with Crippen LogP contribution in [0.1, 0.15) is 25.3 Å². The van der Waals surface area contributed by atoms with E-state index in [1.165, 1.54) is 0 Å². The number of hydrogen-bond donors (Lipinski definition) is 1. The third kappa shape index (κ3) is 4.23. The van der Waals surface area contributed by atoms with Crippen molar-refractivity contribution in [2.45, 2.75) is 43.9 Å². The minimum absolute atomic E-state index is 0.0213. The molecular formula is C32H34ClN3O5. The quantitative estimate of drug-likeness (QED) is 0.417. The highest BCUT2D eigenvalue weighted by molar-refractivity contribution is 6.34. The van der Waals surface area contributed by atoms with Crippen molar-refractivity contribution in [2.75, 3.05) is 36.0 Å². The zero-order valence-corrected chi connectivity index (χ0v) is 24.0. The highest BCUT2D eigenvalue weighted by atomic mass is 35.5. The zero-order valence-electron chi connectivity index (χ0n) is 23.2. The standard InChI is InChI=1S/C32H34ClN3O5/c1-21-11-8-14-23(33)26(21)35-19-10-16-32-25(29(39)36(17-6-7-20-37)27(32)30(35)40)24-28(38)34(22-12-4-3-5-13-22)18-9-15-31(24,2)41-32/h3-5,8-16,24-25,27,37H,6-7,17-20H2,1-2H3/t24-,25+,27?,31+,32+/m1/s1. The van der Waals surface area contributed by atoms with Crippen molar-refractivity contribution in [1.82, 2.24) is 4.90 Å². The van der Waals surface area contributed by atoms with Crippen molar-refractivity contribution >= 4 is 40.7 Å². The lowest BCUT2D eigenvalue weighted by molar-refractivity contribution is -0.144. The number of aryl methyl sites for hydroxylation is 1. The predicted octanol–water partition coefficient (Wildman–Crippen LogP) is 3.90. The van der Waals surface area contributed by atoms with E-state index in [9.17, 15) is 19.5 Å². The maximum atomic E-state index is 14.6. The maximum Gasteiger partial charge on any atom is 0.253 e. The van der Waals surface area contributed by atoms with Gasteiger partial charge in [0.1, 0.15) is 11.6 Å². The van der Waals surface area contributed by atoms with Crippen LogP contribution < -0.4 is 9.80 Å². The van der Waals surface area contributed by atoms with E-state index in [1.807, 2.05) is 80.6 Å². The summed E-state index contributed by atoms with van der Waals surface area (Å²) < 4.78 is 6.89. The number of para-hydroxylation sites is 2. The predicted molar refractivity (Wildman–Crippen MR) is 157 cm³/mol. The number of aliphatic hydroxyl groups is 1. The molecule has 0 bridgehead atoms. The zero-order chi connectivity index (χ0) is 28.9. The summed E-state index contributed by atoms with van der Waals surface area (Å²) in [6, 6.07) is 13.9. The molecule has 2 fully saturated rings. The monoisotopic (exact) mass is 575 g/mol. The lowest BCUT2D eigenvalue weighted by Crippen LogP contribution is -2.56. The lowest BCUT2D eigenvalue weighted by Gasteiger charge is -2.37. The van der Waals surface area contributed by atoms with Gasteiger partial charge < -0.3 is 24.5 Å². The third-order valence-corrected chi connectivity index (χ3v) is 9.20. The number of aliphatic hydroxyl groups excluding tert-OH is 1. The van der Waals surface area contributed by atoms with Crippen LogP contribution in [-0.2, 0) is 19.1 Å². The summed E-state index contributed by atoms with van der Waals surface area (Å²) in [5.74, 6) is -2.54. The van der Waals surface area contributed by atoms with Gasteiger partial charge >= 0.3 is 0 Å². The fraction of sp³-hybridized carbons (Fsp3) is 0.406. The normalized spacial score (nSPS) is 30.8. The number of carbonyl (C=O) groups excluding carboxylic acids is 3. The number of hydrogen-bond acceptors (Lipinski definition) is 5. The van der Waals surface area contributed by atoms with E-state index in [0.29, 0.717) is 30.1 Å². The molecule has 2 saturated heterocycles. The summed E-state index contributed by atoms with van der Waals surface area (Å²) in [4.78, 5) is 48.3. The first kappa shape index (κ1) is 27.7. The molecule has 5 atom stereocenters. The Morgan fingerprint density at radius 1 is 0.902 bits per heavy atom. The van der Waals surface area contributed by atoms with Gasteiger partial charge in [0.2, 0.25) is 11.8 Å². The summed E-state index contributed by atoms with van der Waals surface area (Å²) in [7, 11) is 0. The van der Waals surface area contributed by atoms with Gasteiger partial charge in [-0.3, -0.25) is 14.4 Å². The van der Waals surface area contributed by atoms with Crippen LogP contribution in [0.25, 0.3) is 0 Å². The number of likely N-dealkylation sites (tertiary alicyclic amines) is 1. The molecule has 9 heteroatoms.